The van der Waals surface area contributed by atoms with Crippen molar-refractivity contribution in [1.82, 2.24) is 15.5 Å². The molecule has 1 atom stereocenters. The number of hydrogen-bond acceptors (Lipinski definition) is 4. The summed E-state index contributed by atoms with van der Waals surface area (Å²) in [7, 11) is 2.11. The van der Waals surface area contributed by atoms with Gasteiger partial charge in [0.1, 0.15) is 5.75 Å². The molecule has 0 bridgehead atoms. The van der Waals surface area contributed by atoms with Crippen molar-refractivity contribution in [1.29, 1.82) is 0 Å². The highest BCUT2D eigenvalue weighted by Gasteiger charge is 2.37. The molecule has 0 aromatic heterocycles. The zero-order valence-corrected chi connectivity index (χ0v) is 20.1. The second kappa shape index (κ2) is 11.1. The molecule has 2 N–H and O–H groups in total. The SMILES string of the molecule is CN(CCNC(=O)c1ccc(-c2ccc(OC(F)(F)F)cc2)cc1)[C@]1(Cc2ccccc2)CCNC1. The monoisotopic (exact) mass is 497 g/mol. The van der Waals surface area contributed by atoms with Crippen molar-refractivity contribution in [2.75, 3.05) is 33.2 Å². The van der Waals surface area contributed by atoms with Crippen LogP contribution in [0.1, 0.15) is 22.3 Å². The van der Waals surface area contributed by atoms with Gasteiger partial charge in [0.05, 0.1) is 0 Å². The summed E-state index contributed by atoms with van der Waals surface area (Å²) in [4.78, 5) is 15.0. The molecule has 8 heteroatoms. The molecule has 0 spiro atoms. The fraction of sp³-hybridized carbons (Fsp3) is 0.321. The molecule has 1 aliphatic heterocycles. The van der Waals surface area contributed by atoms with Gasteiger partial charge in [-0.1, -0.05) is 54.6 Å². The summed E-state index contributed by atoms with van der Waals surface area (Å²) >= 11 is 0. The van der Waals surface area contributed by atoms with Crippen molar-refractivity contribution in [3.05, 3.63) is 90.0 Å². The molecule has 0 saturated carbocycles. The van der Waals surface area contributed by atoms with E-state index in [4.69, 9.17) is 0 Å². The zero-order valence-electron chi connectivity index (χ0n) is 20.1. The largest absolute Gasteiger partial charge is 0.573 e. The van der Waals surface area contributed by atoms with Crippen molar-refractivity contribution in [3.63, 3.8) is 0 Å². The van der Waals surface area contributed by atoms with Crippen LogP contribution in [-0.2, 0) is 6.42 Å². The number of carbonyl (C=O) groups is 1. The summed E-state index contributed by atoms with van der Waals surface area (Å²) in [6, 6.07) is 23.1. The molecule has 0 radical (unpaired) electrons. The maximum absolute atomic E-state index is 12.7. The number of likely N-dealkylation sites (N-methyl/N-ethyl adjacent to an activating group) is 1. The first kappa shape index (κ1) is 25.7. The second-order valence-corrected chi connectivity index (χ2v) is 9.14. The maximum Gasteiger partial charge on any atom is 0.573 e. The van der Waals surface area contributed by atoms with Crippen LogP contribution in [0.25, 0.3) is 11.1 Å². The van der Waals surface area contributed by atoms with Gasteiger partial charge in [-0.2, -0.15) is 0 Å². The summed E-state index contributed by atoms with van der Waals surface area (Å²) in [6.45, 7) is 3.14. The van der Waals surface area contributed by atoms with Gasteiger partial charge in [-0.25, -0.2) is 0 Å². The molecule has 0 aliphatic carbocycles. The van der Waals surface area contributed by atoms with Crippen LogP contribution < -0.4 is 15.4 Å². The van der Waals surface area contributed by atoms with E-state index < -0.39 is 6.36 Å². The first-order valence-electron chi connectivity index (χ1n) is 11.9. The van der Waals surface area contributed by atoms with Crippen LogP contribution in [0.4, 0.5) is 13.2 Å². The topological polar surface area (TPSA) is 53.6 Å². The van der Waals surface area contributed by atoms with E-state index >= 15 is 0 Å². The summed E-state index contributed by atoms with van der Waals surface area (Å²) in [6.07, 6.45) is -2.71. The van der Waals surface area contributed by atoms with Gasteiger partial charge in [0.15, 0.2) is 0 Å². The number of rotatable bonds is 9. The third-order valence-electron chi connectivity index (χ3n) is 6.71. The molecule has 1 heterocycles. The smallest absolute Gasteiger partial charge is 0.406 e. The summed E-state index contributed by atoms with van der Waals surface area (Å²) < 4.78 is 40.9. The average Bonchev–Trinajstić information content (AvgIpc) is 3.34. The second-order valence-electron chi connectivity index (χ2n) is 9.14. The van der Waals surface area contributed by atoms with Crippen molar-refractivity contribution in [2.24, 2.45) is 0 Å². The number of hydrogen-bond donors (Lipinski definition) is 2. The maximum atomic E-state index is 12.7. The number of amides is 1. The Balaban J connectivity index is 1.30. The van der Waals surface area contributed by atoms with Crippen LogP contribution >= 0.6 is 0 Å². The molecule has 0 unspecified atom stereocenters. The minimum Gasteiger partial charge on any atom is -0.406 e. The molecular formula is C28H30F3N3O2. The number of nitrogens with one attached hydrogen (secondary N) is 2. The van der Waals surface area contributed by atoms with Crippen LogP contribution in [0.15, 0.2) is 78.9 Å². The Bertz CT molecular complexity index is 1130. The molecule has 1 saturated heterocycles. The predicted molar refractivity (Wildman–Crippen MR) is 134 cm³/mol. The molecule has 1 amide bonds. The third-order valence-corrected chi connectivity index (χ3v) is 6.71. The van der Waals surface area contributed by atoms with Crippen LogP contribution in [0.3, 0.4) is 0 Å². The van der Waals surface area contributed by atoms with Gasteiger partial charge in [0.25, 0.3) is 5.91 Å². The van der Waals surface area contributed by atoms with Crippen LogP contribution in [0, 0.1) is 0 Å². The highest BCUT2D eigenvalue weighted by atomic mass is 19.4. The Morgan fingerprint density at radius 3 is 2.22 bits per heavy atom. The Labute approximate surface area is 209 Å². The predicted octanol–water partition coefficient (Wildman–Crippen LogP) is 4.89. The van der Waals surface area contributed by atoms with E-state index in [0.29, 0.717) is 12.1 Å². The summed E-state index contributed by atoms with van der Waals surface area (Å²) in [5.74, 6) is -0.434. The molecule has 1 fully saturated rings. The lowest BCUT2D eigenvalue weighted by Crippen LogP contribution is -2.52. The molecule has 36 heavy (non-hydrogen) atoms. The quantitative estimate of drug-likeness (QED) is 0.442. The number of nitrogens with zero attached hydrogens (tertiary/aromatic N) is 1. The van der Waals surface area contributed by atoms with Gasteiger partial charge in [0.2, 0.25) is 0 Å². The van der Waals surface area contributed by atoms with Crippen molar-refractivity contribution >= 4 is 5.91 Å². The minimum absolute atomic E-state index is 0.0222. The van der Waals surface area contributed by atoms with Gasteiger partial charge in [-0.15, -0.1) is 13.2 Å². The van der Waals surface area contributed by atoms with E-state index in [1.54, 1.807) is 36.4 Å². The van der Waals surface area contributed by atoms with E-state index in [2.05, 4.69) is 51.6 Å². The van der Waals surface area contributed by atoms with Gasteiger partial charge in [-0.3, -0.25) is 9.69 Å². The van der Waals surface area contributed by atoms with Crippen LogP contribution in [0.2, 0.25) is 0 Å². The molecule has 1 aliphatic rings. The number of carbonyl (C=O) groups excluding carboxylic acids is 1. The first-order valence-corrected chi connectivity index (χ1v) is 11.9. The number of ether oxygens (including phenoxy) is 1. The molecule has 190 valence electrons. The molecule has 5 nitrogen and oxygen atoms in total. The van der Waals surface area contributed by atoms with E-state index in [-0.39, 0.29) is 17.2 Å². The van der Waals surface area contributed by atoms with E-state index in [9.17, 15) is 18.0 Å². The van der Waals surface area contributed by atoms with Gasteiger partial charge < -0.3 is 15.4 Å². The average molecular weight is 498 g/mol. The molecule has 3 aromatic carbocycles. The summed E-state index contributed by atoms with van der Waals surface area (Å²) in [5, 5.41) is 6.48. The highest BCUT2D eigenvalue weighted by Crippen LogP contribution is 2.28. The Kier molecular flexibility index (Phi) is 7.96. The molecular weight excluding hydrogens is 467 g/mol. The van der Waals surface area contributed by atoms with E-state index in [1.807, 2.05) is 6.07 Å². The fourth-order valence-corrected chi connectivity index (χ4v) is 4.66. The Morgan fingerprint density at radius 2 is 1.64 bits per heavy atom. The van der Waals surface area contributed by atoms with Gasteiger partial charge in [0, 0.05) is 30.7 Å². The Morgan fingerprint density at radius 1 is 1.00 bits per heavy atom. The fourth-order valence-electron chi connectivity index (χ4n) is 4.66. The Hall–Kier alpha value is -3.36. The van der Waals surface area contributed by atoms with Crippen LogP contribution in [0.5, 0.6) is 5.75 Å². The van der Waals surface area contributed by atoms with Crippen molar-refractivity contribution in [2.45, 2.75) is 24.7 Å². The zero-order chi connectivity index (χ0) is 25.6. The third kappa shape index (κ3) is 6.65. The van der Waals surface area contributed by atoms with Crippen LogP contribution in [-0.4, -0.2) is 55.9 Å². The number of benzene rings is 3. The first-order chi connectivity index (χ1) is 17.2. The van der Waals surface area contributed by atoms with Crippen molar-refractivity contribution < 1.29 is 22.7 Å². The molecule has 4 rings (SSSR count). The summed E-state index contributed by atoms with van der Waals surface area (Å²) in [5.41, 5.74) is 3.38. The highest BCUT2D eigenvalue weighted by molar-refractivity contribution is 5.94. The number of halogens is 3. The van der Waals surface area contributed by atoms with Crippen molar-refractivity contribution in [3.8, 4) is 16.9 Å². The lowest BCUT2D eigenvalue weighted by molar-refractivity contribution is -0.274. The lowest BCUT2D eigenvalue weighted by atomic mass is 9.88. The van der Waals surface area contributed by atoms with Gasteiger partial charge >= 0.3 is 6.36 Å². The standard InChI is InChI=1S/C28H30F3N3O2/c1-34(27(15-16-32-20-27)19-21-5-3-2-4-6-21)18-17-33-26(35)24-9-7-22(8-10-24)23-11-13-25(14-12-23)36-28(29,30)31/h2-14,32H,15-20H2,1H3,(H,33,35)/t27-/m0/s1. The minimum atomic E-state index is -4.72. The van der Waals surface area contributed by atoms with E-state index in [1.165, 1.54) is 17.7 Å². The number of alkyl halides is 3. The van der Waals surface area contributed by atoms with E-state index in [0.717, 1.165) is 43.6 Å². The normalized spacial score (nSPS) is 17.8. The molecule has 3 aromatic rings. The lowest BCUT2D eigenvalue weighted by Gasteiger charge is -2.38. The van der Waals surface area contributed by atoms with Gasteiger partial charge in [-0.05, 0) is 67.4 Å².